The zero-order chi connectivity index (χ0) is 19.2. The molecule has 0 spiro atoms. The van der Waals surface area contributed by atoms with Gasteiger partial charge in [-0.1, -0.05) is 32.0 Å². The molecular formula is C22H22N2O2S. The van der Waals surface area contributed by atoms with Gasteiger partial charge in [-0.3, -0.25) is 0 Å². The number of para-hydroxylation sites is 1. The molecule has 0 fully saturated rings. The zero-order valence-corrected chi connectivity index (χ0v) is 16.5. The van der Waals surface area contributed by atoms with E-state index in [1.54, 1.807) is 0 Å². The number of nitrogens with zero attached hydrogens (tertiary/aromatic N) is 2. The fraction of sp³-hybridized carbons (Fsp3) is 0.273. The van der Waals surface area contributed by atoms with Crippen LogP contribution in [0.25, 0.3) is 21.9 Å². The maximum absolute atomic E-state index is 9.63. The summed E-state index contributed by atoms with van der Waals surface area (Å²) in [6.45, 7) is 7.33. The molecule has 27 heavy (non-hydrogen) atoms. The average Bonchev–Trinajstić information content (AvgIpc) is 3.09. The number of allylic oxidation sites excluding steroid dienone is 1. The van der Waals surface area contributed by atoms with Gasteiger partial charge in [0.05, 0.1) is 29.0 Å². The van der Waals surface area contributed by atoms with Crippen molar-refractivity contribution in [3.05, 3.63) is 53.0 Å². The van der Waals surface area contributed by atoms with Crippen LogP contribution in [-0.4, -0.2) is 18.2 Å². The molecule has 0 unspecified atom stereocenters. The molecule has 0 aliphatic heterocycles. The van der Waals surface area contributed by atoms with Crippen molar-refractivity contribution in [1.82, 2.24) is 4.98 Å². The Morgan fingerprint density at radius 3 is 2.70 bits per heavy atom. The van der Waals surface area contributed by atoms with E-state index in [4.69, 9.17) is 9.47 Å². The fourth-order valence-corrected chi connectivity index (χ4v) is 3.49. The van der Waals surface area contributed by atoms with Crippen molar-refractivity contribution in [2.75, 3.05) is 13.2 Å². The molecular weight excluding hydrogens is 356 g/mol. The van der Waals surface area contributed by atoms with Crippen LogP contribution in [0.3, 0.4) is 0 Å². The second kappa shape index (κ2) is 8.70. The van der Waals surface area contributed by atoms with E-state index in [9.17, 15) is 5.26 Å². The van der Waals surface area contributed by atoms with Gasteiger partial charge in [0.15, 0.2) is 11.5 Å². The van der Waals surface area contributed by atoms with Crippen molar-refractivity contribution in [2.24, 2.45) is 5.92 Å². The average molecular weight is 378 g/mol. The Hall–Kier alpha value is -2.84. The Kier molecular flexibility index (Phi) is 6.10. The lowest BCUT2D eigenvalue weighted by Crippen LogP contribution is -2.06. The van der Waals surface area contributed by atoms with Gasteiger partial charge in [0.25, 0.3) is 0 Å². The molecule has 138 valence electrons. The van der Waals surface area contributed by atoms with E-state index in [-0.39, 0.29) is 0 Å². The second-order valence-corrected chi connectivity index (χ2v) is 7.53. The number of hydrogen-bond acceptors (Lipinski definition) is 5. The summed E-state index contributed by atoms with van der Waals surface area (Å²) < 4.78 is 12.6. The van der Waals surface area contributed by atoms with E-state index in [0.29, 0.717) is 30.5 Å². The summed E-state index contributed by atoms with van der Waals surface area (Å²) in [5.74, 6) is 1.85. The molecule has 0 aliphatic rings. The lowest BCUT2D eigenvalue weighted by Gasteiger charge is -2.14. The van der Waals surface area contributed by atoms with Crippen LogP contribution in [0.15, 0.2) is 42.5 Å². The molecule has 0 amide bonds. The van der Waals surface area contributed by atoms with Gasteiger partial charge in [-0.2, -0.15) is 5.26 Å². The van der Waals surface area contributed by atoms with E-state index in [0.717, 1.165) is 26.5 Å². The molecule has 2 aromatic carbocycles. The summed E-state index contributed by atoms with van der Waals surface area (Å²) in [5.41, 5.74) is 2.33. The first-order valence-electron chi connectivity index (χ1n) is 8.98. The summed E-state index contributed by atoms with van der Waals surface area (Å²) in [7, 11) is 0. The first-order chi connectivity index (χ1) is 13.1. The van der Waals surface area contributed by atoms with Crippen LogP contribution in [0.2, 0.25) is 0 Å². The summed E-state index contributed by atoms with van der Waals surface area (Å²) in [6.07, 6.45) is 1.84. The predicted octanol–water partition coefficient (Wildman–Crippen LogP) is 5.79. The monoisotopic (exact) mass is 378 g/mol. The van der Waals surface area contributed by atoms with Crippen LogP contribution in [0.4, 0.5) is 0 Å². The maximum Gasteiger partial charge on any atom is 0.161 e. The predicted molar refractivity (Wildman–Crippen MR) is 111 cm³/mol. The van der Waals surface area contributed by atoms with Crippen molar-refractivity contribution >= 4 is 33.2 Å². The molecule has 1 aromatic heterocycles. The van der Waals surface area contributed by atoms with Crippen molar-refractivity contribution in [1.29, 1.82) is 5.26 Å². The summed E-state index contributed by atoms with van der Waals surface area (Å²) in [4.78, 5) is 4.58. The second-order valence-electron chi connectivity index (χ2n) is 6.50. The van der Waals surface area contributed by atoms with Gasteiger partial charge in [-0.05, 0) is 48.7 Å². The van der Waals surface area contributed by atoms with Crippen LogP contribution in [-0.2, 0) is 0 Å². The number of benzene rings is 2. The topological polar surface area (TPSA) is 55.1 Å². The highest BCUT2D eigenvalue weighted by Gasteiger charge is 2.11. The summed E-state index contributed by atoms with van der Waals surface area (Å²) >= 11 is 1.52. The van der Waals surface area contributed by atoms with Crippen LogP contribution < -0.4 is 9.47 Å². The molecule has 0 N–H and O–H groups in total. The Labute approximate surface area is 163 Å². The number of ether oxygens (including phenoxy) is 2. The Balaban J connectivity index is 1.93. The van der Waals surface area contributed by atoms with Gasteiger partial charge in [0.1, 0.15) is 11.1 Å². The summed E-state index contributed by atoms with van der Waals surface area (Å²) in [5, 5.41) is 10.4. The third-order valence-corrected chi connectivity index (χ3v) is 4.87. The van der Waals surface area contributed by atoms with Crippen molar-refractivity contribution < 1.29 is 9.47 Å². The molecule has 0 saturated heterocycles. The number of hydrogen-bond donors (Lipinski definition) is 0. The van der Waals surface area contributed by atoms with Gasteiger partial charge in [0, 0.05) is 0 Å². The van der Waals surface area contributed by atoms with Crippen LogP contribution in [0, 0.1) is 17.2 Å². The third kappa shape index (κ3) is 4.66. The van der Waals surface area contributed by atoms with Crippen LogP contribution in [0.1, 0.15) is 31.3 Å². The SMILES string of the molecule is CCOc1cc(/C=C(\C#N)c2nc3ccccc3s2)ccc1OCC(C)C. The largest absolute Gasteiger partial charge is 0.490 e. The number of aromatic nitrogens is 1. The molecule has 1 heterocycles. The lowest BCUT2D eigenvalue weighted by molar-refractivity contribution is 0.248. The molecule has 0 radical (unpaired) electrons. The Morgan fingerprint density at radius 2 is 2.00 bits per heavy atom. The van der Waals surface area contributed by atoms with Crippen LogP contribution in [0.5, 0.6) is 11.5 Å². The highest BCUT2D eigenvalue weighted by atomic mass is 32.1. The molecule has 3 aromatic rings. The number of nitriles is 1. The van der Waals surface area contributed by atoms with Crippen molar-refractivity contribution in [3.8, 4) is 17.6 Å². The lowest BCUT2D eigenvalue weighted by atomic mass is 10.1. The quantitative estimate of drug-likeness (QED) is 0.488. The third-order valence-electron chi connectivity index (χ3n) is 3.80. The van der Waals surface area contributed by atoms with Crippen molar-refractivity contribution in [3.63, 3.8) is 0 Å². The van der Waals surface area contributed by atoms with E-state index < -0.39 is 0 Å². The molecule has 0 aliphatic carbocycles. The molecule has 3 rings (SSSR count). The first kappa shape index (κ1) is 18.9. The highest BCUT2D eigenvalue weighted by Crippen LogP contribution is 2.32. The molecule has 0 bridgehead atoms. The van der Waals surface area contributed by atoms with Gasteiger partial charge in [0.2, 0.25) is 0 Å². The molecule has 4 nitrogen and oxygen atoms in total. The van der Waals surface area contributed by atoms with E-state index in [1.165, 1.54) is 11.3 Å². The maximum atomic E-state index is 9.63. The Bertz CT molecular complexity index is 966. The fourth-order valence-electron chi connectivity index (χ4n) is 2.55. The standard InChI is InChI=1S/C22H22N2O2S/c1-4-25-20-12-16(9-10-19(20)26-14-15(2)3)11-17(13-23)22-24-18-7-5-6-8-21(18)27-22/h5-12,15H,4,14H2,1-3H3/b17-11+. The van der Waals surface area contributed by atoms with Gasteiger partial charge in [-0.25, -0.2) is 4.98 Å². The Morgan fingerprint density at radius 1 is 1.19 bits per heavy atom. The number of rotatable bonds is 7. The van der Waals surface area contributed by atoms with Gasteiger partial charge < -0.3 is 9.47 Å². The molecule has 0 atom stereocenters. The van der Waals surface area contributed by atoms with Gasteiger partial charge >= 0.3 is 0 Å². The van der Waals surface area contributed by atoms with Crippen molar-refractivity contribution in [2.45, 2.75) is 20.8 Å². The minimum Gasteiger partial charge on any atom is -0.490 e. The zero-order valence-electron chi connectivity index (χ0n) is 15.7. The minimum atomic E-state index is 0.434. The normalized spacial score (nSPS) is 11.6. The number of fused-ring (bicyclic) bond motifs is 1. The van der Waals surface area contributed by atoms with E-state index in [1.807, 2.05) is 55.5 Å². The van der Waals surface area contributed by atoms with Crippen LogP contribution >= 0.6 is 11.3 Å². The smallest absolute Gasteiger partial charge is 0.161 e. The van der Waals surface area contributed by atoms with E-state index >= 15 is 0 Å². The first-order valence-corrected chi connectivity index (χ1v) is 9.79. The highest BCUT2D eigenvalue weighted by molar-refractivity contribution is 7.19. The van der Waals surface area contributed by atoms with Gasteiger partial charge in [-0.15, -0.1) is 11.3 Å². The number of thiazole rings is 1. The minimum absolute atomic E-state index is 0.434. The molecule has 5 heteroatoms. The molecule has 0 saturated carbocycles. The van der Waals surface area contributed by atoms with E-state index in [2.05, 4.69) is 24.9 Å². The summed E-state index contributed by atoms with van der Waals surface area (Å²) in [6, 6.07) is 15.9.